The van der Waals surface area contributed by atoms with E-state index in [1.807, 2.05) is 38.1 Å². The van der Waals surface area contributed by atoms with Crippen molar-refractivity contribution in [1.29, 1.82) is 0 Å². The van der Waals surface area contributed by atoms with Crippen LogP contribution in [0, 0.1) is 0 Å². The van der Waals surface area contributed by atoms with Gasteiger partial charge in [-0.1, -0.05) is 26.0 Å². The van der Waals surface area contributed by atoms with Crippen LogP contribution in [0.5, 0.6) is 5.75 Å². The van der Waals surface area contributed by atoms with E-state index in [9.17, 15) is 4.79 Å². The van der Waals surface area contributed by atoms with E-state index < -0.39 is 11.4 Å². The second-order valence-electron chi connectivity index (χ2n) is 6.63. The average Bonchev–Trinajstić information content (AvgIpc) is 2.37. The highest BCUT2D eigenvalue weighted by Crippen LogP contribution is 2.30. The number of piperidine rings is 1. The van der Waals surface area contributed by atoms with E-state index in [2.05, 4.69) is 11.9 Å². The van der Waals surface area contributed by atoms with Crippen molar-refractivity contribution in [2.75, 3.05) is 20.1 Å². The van der Waals surface area contributed by atoms with Gasteiger partial charge in [-0.2, -0.15) is 0 Å². The Hall–Kier alpha value is -1.55. The molecule has 1 aliphatic heterocycles. The van der Waals surface area contributed by atoms with Crippen LogP contribution in [0.15, 0.2) is 24.3 Å². The van der Waals surface area contributed by atoms with Crippen LogP contribution in [0.4, 0.5) is 0 Å². The van der Waals surface area contributed by atoms with Crippen molar-refractivity contribution in [3.8, 4) is 5.75 Å². The maximum Gasteiger partial charge on any atom is 0.304 e. The highest BCUT2D eigenvalue weighted by molar-refractivity contribution is 5.69. The summed E-state index contributed by atoms with van der Waals surface area (Å²) in [6, 6.07) is 7.86. The Kier molecular flexibility index (Phi) is 4.88. The lowest BCUT2D eigenvalue weighted by Crippen LogP contribution is -2.38. The maximum atomic E-state index is 11.0. The first-order valence-electron chi connectivity index (χ1n) is 7.54. The third-order valence-corrected chi connectivity index (χ3v) is 4.09. The van der Waals surface area contributed by atoms with Crippen molar-refractivity contribution in [3.05, 3.63) is 29.8 Å². The van der Waals surface area contributed by atoms with Gasteiger partial charge in [-0.05, 0) is 44.1 Å². The molecule has 2 rings (SSSR count). The fourth-order valence-corrected chi connectivity index (χ4v) is 2.88. The van der Waals surface area contributed by atoms with Crippen LogP contribution >= 0.6 is 0 Å². The van der Waals surface area contributed by atoms with Crippen LogP contribution in [0.3, 0.4) is 0 Å². The summed E-state index contributed by atoms with van der Waals surface area (Å²) in [5, 5.41) is 9.03. The molecule has 0 aliphatic carbocycles. The van der Waals surface area contributed by atoms with Gasteiger partial charge < -0.3 is 14.7 Å². The Balaban J connectivity index is 2.08. The van der Waals surface area contributed by atoms with Gasteiger partial charge in [0, 0.05) is 12.0 Å². The molecule has 1 heterocycles. The zero-order valence-corrected chi connectivity index (χ0v) is 13.1. The number of benzene rings is 1. The number of likely N-dealkylation sites (tertiary alicyclic amines) is 1. The van der Waals surface area contributed by atoms with Gasteiger partial charge in [-0.25, -0.2) is 0 Å². The van der Waals surface area contributed by atoms with Crippen LogP contribution < -0.4 is 4.74 Å². The number of carbonyl (C=O) groups is 1. The lowest BCUT2D eigenvalue weighted by molar-refractivity contribution is -0.138. The molecule has 1 atom stereocenters. The molecule has 0 radical (unpaired) electrons. The first-order valence-corrected chi connectivity index (χ1v) is 7.54. The fraction of sp³-hybridized carbons (Fsp3) is 0.588. The molecule has 0 aromatic heterocycles. The number of ether oxygens (including phenoxy) is 1. The molecule has 21 heavy (non-hydrogen) atoms. The molecule has 4 nitrogen and oxygen atoms in total. The summed E-state index contributed by atoms with van der Waals surface area (Å²) in [4.78, 5) is 13.3. The molecule has 0 spiro atoms. The summed E-state index contributed by atoms with van der Waals surface area (Å²) in [5.41, 5.74) is 0.612. The third-order valence-electron chi connectivity index (χ3n) is 4.09. The SMILES string of the molecule is CN1CCCC(Oc2cccc(C(C)(C)CC(=O)O)c2)C1. The minimum absolute atomic E-state index is 0.114. The van der Waals surface area contributed by atoms with Crippen molar-refractivity contribution < 1.29 is 14.6 Å². The number of hydrogen-bond donors (Lipinski definition) is 1. The summed E-state index contributed by atoms with van der Waals surface area (Å²) >= 11 is 0. The van der Waals surface area contributed by atoms with E-state index in [1.165, 1.54) is 0 Å². The molecule has 0 saturated carbocycles. The van der Waals surface area contributed by atoms with E-state index in [0.717, 1.165) is 37.2 Å². The molecule has 1 unspecified atom stereocenters. The largest absolute Gasteiger partial charge is 0.489 e. The summed E-state index contributed by atoms with van der Waals surface area (Å²) < 4.78 is 6.08. The van der Waals surface area contributed by atoms with Gasteiger partial charge in [-0.3, -0.25) is 4.79 Å². The van der Waals surface area contributed by atoms with Crippen LogP contribution in [0.2, 0.25) is 0 Å². The Morgan fingerprint density at radius 1 is 1.48 bits per heavy atom. The number of nitrogens with zero attached hydrogens (tertiary/aromatic N) is 1. The number of likely N-dealkylation sites (N-methyl/N-ethyl adjacent to an activating group) is 1. The monoisotopic (exact) mass is 291 g/mol. The summed E-state index contributed by atoms with van der Waals surface area (Å²) in [5.74, 6) is 0.0616. The highest BCUT2D eigenvalue weighted by Gasteiger charge is 2.25. The Bertz CT molecular complexity index is 499. The molecule has 1 aromatic carbocycles. The van der Waals surface area contributed by atoms with Crippen LogP contribution in [-0.2, 0) is 10.2 Å². The Labute approximate surface area is 126 Å². The predicted molar refractivity (Wildman–Crippen MR) is 82.9 cm³/mol. The number of hydrogen-bond acceptors (Lipinski definition) is 3. The minimum atomic E-state index is -0.778. The molecule has 0 amide bonds. The maximum absolute atomic E-state index is 11.0. The first-order chi connectivity index (χ1) is 9.87. The second-order valence-corrected chi connectivity index (χ2v) is 6.63. The van der Waals surface area contributed by atoms with Crippen LogP contribution in [0.1, 0.15) is 38.7 Å². The van der Waals surface area contributed by atoms with E-state index in [1.54, 1.807) is 0 Å². The molecule has 1 saturated heterocycles. The molecule has 0 bridgehead atoms. The van der Waals surface area contributed by atoms with E-state index in [-0.39, 0.29) is 12.5 Å². The van der Waals surface area contributed by atoms with Crippen LogP contribution in [0.25, 0.3) is 0 Å². The van der Waals surface area contributed by atoms with Gasteiger partial charge in [0.15, 0.2) is 0 Å². The molecule has 116 valence electrons. The molecular formula is C17H25NO3. The molecular weight excluding hydrogens is 266 g/mol. The molecule has 1 N–H and O–H groups in total. The zero-order valence-electron chi connectivity index (χ0n) is 13.1. The molecule has 1 fully saturated rings. The van der Waals surface area contributed by atoms with E-state index in [4.69, 9.17) is 9.84 Å². The molecule has 1 aromatic rings. The van der Waals surface area contributed by atoms with Gasteiger partial charge in [-0.15, -0.1) is 0 Å². The number of rotatable bonds is 5. The summed E-state index contributed by atoms with van der Waals surface area (Å²) in [7, 11) is 2.11. The Morgan fingerprint density at radius 3 is 2.90 bits per heavy atom. The van der Waals surface area contributed by atoms with Gasteiger partial charge in [0.2, 0.25) is 0 Å². The predicted octanol–water partition coefficient (Wildman–Crippen LogP) is 2.91. The Morgan fingerprint density at radius 2 is 2.24 bits per heavy atom. The van der Waals surface area contributed by atoms with Crippen molar-refractivity contribution in [2.24, 2.45) is 0 Å². The van der Waals surface area contributed by atoms with Gasteiger partial charge in [0.25, 0.3) is 0 Å². The van der Waals surface area contributed by atoms with Gasteiger partial charge in [0.05, 0.1) is 6.42 Å². The quantitative estimate of drug-likeness (QED) is 0.906. The highest BCUT2D eigenvalue weighted by atomic mass is 16.5. The topological polar surface area (TPSA) is 49.8 Å². The fourth-order valence-electron chi connectivity index (χ4n) is 2.88. The minimum Gasteiger partial charge on any atom is -0.489 e. The smallest absolute Gasteiger partial charge is 0.304 e. The third kappa shape index (κ3) is 4.46. The van der Waals surface area contributed by atoms with E-state index in [0.29, 0.717) is 0 Å². The lowest BCUT2D eigenvalue weighted by Gasteiger charge is -2.30. The molecule has 1 aliphatic rings. The standard InChI is InChI=1S/C17H25NO3/c1-17(2,11-16(19)20)13-6-4-7-14(10-13)21-15-8-5-9-18(3)12-15/h4,6-7,10,15H,5,8-9,11-12H2,1-3H3,(H,19,20). The lowest BCUT2D eigenvalue weighted by atomic mass is 9.81. The zero-order chi connectivity index (χ0) is 15.5. The first kappa shape index (κ1) is 15.8. The number of carboxylic acids is 1. The van der Waals surface area contributed by atoms with Crippen molar-refractivity contribution >= 4 is 5.97 Å². The number of aliphatic carboxylic acids is 1. The van der Waals surface area contributed by atoms with Crippen LogP contribution in [-0.4, -0.2) is 42.2 Å². The van der Waals surface area contributed by atoms with Gasteiger partial charge >= 0.3 is 5.97 Å². The second kappa shape index (κ2) is 6.48. The summed E-state index contributed by atoms with van der Waals surface area (Å²) in [6.07, 6.45) is 2.57. The summed E-state index contributed by atoms with van der Waals surface area (Å²) in [6.45, 7) is 5.98. The molecule has 4 heteroatoms. The number of carboxylic acid groups (broad SMARTS) is 1. The average molecular weight is 291 g/mol. The van der Waals surface area contributed by atoms with Gasteiger partial charge in [0.1, 0.15) is 11.9 Å². The van der Waals surface area contributed by atoms with E-state index >= 15 is 0 Å². The van der Waals surface area contributed by atoms with Crippen molar-refractivity contribution in [2.45, 2.75) is 44.6 Å². The van der Waals surface area contributed by atoms with Crippen molar-refractivity contribution in [1.82, 2.24) is 4.90 Å². The normalized spacial score (nSPS) is 20.2. The van der Waals surface area contributed by atoms with Crippen molar-refractivity contribution in [3.63, 3.8) is 0 Å².